The molecule has 0 radical (unpaired) electrons. The van der Waals surface area contributed by atoms with E-state index in [1.165, 1.54) is 10.9 Å². The fraction of sp³-hybridized carbons (Fsp3) is 0.333. The molecule has 2 aromatic rings. The van der Waals surface area contributed by atoms with Crippen LogP contribution in [0, 0.1) is 10.1 Å². The molecule has 0 saturated heterocycles. The van der Waals surface area contributed by atoms with Crippen molar-refractivity contribution in [3.8, 4) is 5.75 Å². The van der Waals surface area contributed by atoms with E-state index in [4.69, 9.17) is 0 Å². The number of nitro groups is 1. The molecule has 8 heteroatoms. The maximum Gasteiger partial charge on any atom is 0.306 e. The van der Waals surface area contributed by atoms with Crippen LogP contribution in [0.1, 0.15) is 30.0 Å². The number of fused-ring (bicyclic) bond motifs is 1. The Bertz CT molecular complexity index is 756. The Hall–Kier alpha value is -2.90. The molecule has 8 nitrogen and oxygen atoms in total. The van der Waals surface area contributed by atoms with Crippen LogP contribution < -0.4 is 5.32 Å². The summed E-state index contributed by atoms with van der Waals surface area (Å²) >= 11 is 0. The van der Waals surface area contributed by atoms with Crippen molar-refractivity contribution in [3.05, 3.63) is 51.8 Å². The van der Waals surface area contributed by atoms with Gasteiger partial charge in [0.05, 0.1) is 11.0 Å². The largest absolute Gasteiger partial charge is 0.508 e. The van der Waals surface area contributed by atoms with E-state index in [0.717, 1.165) is 30.2 Å². The highest BCUT2D eigenvalue weighted by atomic mass is 16.6. The molecule has 1 aromatic carbocycles. The number of nitrogens with one attached hydrogen (secondary N) is 1. The zero-order chi connectivity index (χ0) is 16.4. The summed E-state index contributed by atoms with van der Waals surface area (Å²) < 4.78 is 1.38. The van der Waals surface area contributed by atoms with Crippen molar-refractivity contribution in [3.63, 3.8) is 0 Å². The summed E-state index contributed by atoms with van der Waals surface area (Å²) in [5, 5.41) is 27.2. The van der Waals surface area contributed by atoms with Crippen molar-refractivity contribution in [1.82, 2.24) is 15.1 Å². The number of hydrogen-bond acceptors (Lipinski definition) is 5. The summed E-state index contributed by atoms with van der Waals surface area (Å²) in [7, 11) is 0. The van der Waals surface area contributed by atoms with E-state index in [9.17, 15) is 20.0 Å². The lowest BCUT2D eigenvalue weighted by molar-refractivity contribution is -0.385. The fourth-order valence-electron chi connectivity index (χ4n) is 2.84. The quantitative estimate of drug-likeness (QED) is 0.644. The summed E-state index contributed by atoms with van der Waals surface area (Å²) in [6.45, 7) is 0.277. The molecule has 1 aliphatic rings. The number of rotatable bonds is 5. The fourth-order valence-corrected chi connectivity index (χ4v) is 2.84. The number of phenolic OH excluding ortho intramolecular Hbond substituents is 1. The second kappa shape index (κ2) is 6.07. The SMILES string of the molecule is O=C(CCn1cc([N+](=O)[O-])cn1)NC1CCc2c(O)cccc21. The third-order valence-corrected chi connectivity index (χ3v) is 3.98. The molecule has 1 atom stereocenters. The molecule has 1 aromatic heterocycles. The molecule has 0 bridgehead atoms. The molecule has 120 valence electrons. The van der Waals surface area contributed by atoms with Gasteiger partial charge in [0.1, 0.15) is 18.1 Å². The zero-order valence-corrected chi connectivity index (χ0v) is 12.3. The standard InChI is InChI=1S/C15H16N4O4/c20-14-3-1-2-11-12(14)4-5-13(11)17-15(21)6-7-18-9-10(8-16-18)19(22)23/h1-3,8-9,13,20H,4-7H2,(H,17,21). The van der Waals surface area contributed by atoms with E-state index >= 15 is 0 Å². The Morgan fingerprint density at radius 2 is 2.35 bits per heavy atom. The van der Waals surface area contributed by atoms with E-state index in [2.05, 4.69) is 10.4 Å². The van der Waals surface area contributed by atoms with Gasteiger partial charge in [-0.1, -0.05) is 12.1 Å². The van der Waals surface area contributed by atoms with Crippen LogP contribution in [0.25, 0.3) is 0 Å². The number of aromatic nitrogens is 2. The predicted octanol–water partition coefficient (Wildman–Crippen LogP) is 1.69. The number of aromatic hydroxyl groups is 1. The van der Waals surface area contributed by atoms with Crippen molar-refractivity contribution < 1.29 is 14.8 Å². The Kier molecular flexibility index (Phi) is 3.96. The van der Waals surface area contributed by atoms with Gasteiger partial charge in [-0.25, -0.2) is 0 Å². The van der Waals surface area contributed by atoms with Crippen LogP contribution in [0.2, 0.25) is 0 Å². The first-order valence-electron chi connectivity index (χ1n) is 7.31. The smallest absolute Gasteiger partial charge is 0.306 e. The van der Waals surface area contributed by atoms with Gasteiger partial charge in [-0.2, -0.15) is 5.10 Å². The summed E-state index contributed by atoms with van der Waals surface area (Å²) in [5.74, 6) is 0.118. The molecule has 23 heavy (non-hydrogen) atoms. The van der Waals surface area contributed by atoms with Crippen LogP contribution in [0.4, 0.5) is 5.69 Å². The molecule has 3 rings (SSSR count). The van der Waals surface area contributed by atoms with Crippen molar-refractivity contribution in [2.75, 3.05) is 0 Å². The van der Waals surface area contributed by atoms with Gasteiger partial charge in [-0.3, -0.25) is 19.6 Å². The van der Waals surface area contributed by atoms with Crippen molar-refractivity contribution >= 4 is 11.6 Å². The van der Waals surface area contributed by atoms with Crippen LogP contribution in [-0.2, 0) is 17.8 Å². The van der Waals surface area contributed by atoms with Crippen molar-refractivity contribution in [2.24, 2.45) is 0 Å². The van der Waals surface area contributed by atoms with Gasteiger partial charge in [-0.15, -0.1) is 0 Å². The van der Waals surface area contributed by atoms with Gasteiger partial charge in [0.15, 0.2) is 0 Å². The molecule has 2 N–H and O–H groups in total. The number of carbonyl (C=O) groups excluding carboxylic acids is 1. The molecular weight excluding hydrogens is 300 g/mol. The first-order valence-corrected chi connectivity index (χ1v) is 7.31. The molecule has 0 aliphatic heterocycles. The molecule has 1 aliphatic carbocycles. The molecule has 0 fully saturated rings. The maximum atomic E-state index is 12.1. The van der Waals surface area contributed by atoms with E-state index in [0.29, 0.717) is 0 Å². The lowest BCUT2D eigenvalue weighted by atomic mass is 10.1. The number of carbonyl (C=O) groups is 1. The third-order valence-electron chi connectivity index (χ3n) is 3.98. The summed E-state index contributed by atoms with van der Waals surface area (Å²) in [4.78, 5) is 22.1. The van der Waals surface area contributed by atoms with E-state index < -0.39 is 4.92 Å². The Balaban J connectivity index is 1.56. The summed E-state index contributed by atoms with van der Waals surface area (Å²) in [5.41, 5.74) is 1.75. The Morgan fingerprint density at radius 1 is 1.52 bits per heavy atom. The third kappa shape index (κ3) is 3.15. The van der Waals surface area contributed by atoms with Crippen LogP contribution in [0.15, 0.2) is 30.6 Å². The van der Waals surface area contributed by atoms with Crippen molar-refractivity contribution in [2.45, 2.75) is 31.8 Å². The Morgan fingerprint density at radius 3 is 3.09 bits per heavy atom. The monoisotopic (exact) mass is 316 g/mol. The predicted molar refractivity (Wildman–Crippen MR) is 80.8 cm³/mol. The minimum Gasteiger partial charge on any atom is -0.508 e. The number of nitrogens with zero attached hydrogens (tertiary/aromatic N) is 3. The average molecular weight is 316 g/mol. The molecule has 1 unspecified atom stereocenters. The second-order valence-corrected chi connectivity index (χ2v) is 5.47. The molecule has 0 saturated carbocycles. The van der Waals surface area contributed by atoms with Gasteiger partial charge >= 0.3 is 5.69 Å². The second-order valence-electron chi connectivity index (χ2n) is 5.47. The highest BCUT2D eigenvalue weighted by Crippen LogP contribution is 2.36. The number of benzene rings is 1. The topological polar surface area (TPSA) is 110 Å². The van der Waals surface area contributed by atoms with E-state index in [1.807, 2.05) is 6.07 Å². The van der Waals surface area contributed by atoms with Crippen LogP contribution in [0.5, 0.6) is 5.75 Å². The first kappa shape index (κ1) is 15.0. The van der Waals surface area contributed by atoms with Gasteiger partial charge < -0.3 is 10.4 Å². The van der Waals surface area contributed by atoms with Gasteiger partial charge in [0.25, 0.3) is 0 Å². The maximum absolute atomic E-state index is 12.1. The van der Waals surface area contributed by atoms with Crippen molar-refractivity contribution in [1.29, 1.82) is 0 Å². The molecule has 1 amide bonds. The first-order chi connectivity index (χ1) is 11.0. The highest BCUT2D eigenvalue weighted by Gasteiger charge is 2.25. The summed E-state index contributed by atoms with van der Waals surface area (Å²) in [6.07, 6.45) is 4.14. The zero-order valence-electron chi connectivity index (χ0n) is 12.3. The highest BCUT2D eigenvalue weighted by molar-refractivity contribution is 5.76. The Labute approximate surface area is 131 Å². The molecule has 1 heterocycles. The number of aryl methyl sites for hydroxylation is 1. The minimum absolute atomic E-state index is 0.0920. The van der Waals surface area contributed by atoms with E-state index in [-0.39, 0.29) is 36.4 Å². The van der Waals surface area contributed by atoms with Gasteiger partial charge in [-0.05, 0) is 30.0 Å². The van der Waals surface area contributed by atoms with Gasteiger partial charge in [0.2, 0.25) is 5.91 Å². The van der Waals surface area contributed by atoms with Gasteiger partial charge in [0, 0.05) is 13.0 Å². The lowest BCUT2D eigenvalue weighted by Gasteiger charge is -2.14. The average Bonchev–Trinajstić information content (AvgIpc) is 3.14. The van der Waals surface area contributed by atoms with Crippen LogP contribution in [-0.4, -0.2) is 25.7 Å². The van der Waals surface area contributed by atoms with E-state index in [1.54, 1.807) is 12.1 Å². The summed E-state index contributed by atoms with van der Waals surface area (Å²) in [6, 6.07) is 5.22. The molecular formula is C15H16N4O4. The molecule has 0 spiro atoms. The normalized spacial score (nSPS) is 16.1. The number of hydrogen-bond donors (Lipinski definition) is 2. The van der Waals surface area contributed by atoms with Crippen LogP contribution >= 0.6 is 0 Å². The lowest BCUT2D eigenvalue weighted by Crippen LogP contribution is -2.28. The minimum atomic E-state index is -0.522. The number of phenols is 1. The number of amides is 1. The van der Waals surface area contributed by atoms with Crippen LogP contribution in [0.3, 0.4) is 0 Å².